The van der Waals surface area contributed by atoms with E-state index in [9.17, 15) is 0 Å². The molecule has 3 radical (unpaired) electrons. The molecule has 0 amide bonds. The van der Waals surface area contributed by atoms with Gasteiger partial charge in [-0.15, -0.1) is 0 Å². The first-order valence-electron chi connectivity index (χ1n) is 0. The molecule has 0 aromatic heterocycles. The quantitative estimate of drug-likeness (QED) is 0.396. The fourth-order valence-electron chi connectivity index (χ4n) is 0. The third-order valence-corrected chi connectivity index (χ3v) is 0. The second-order valence-electron chi connectivity index (χ2n) is 0. The summed E-state index contributed by atoms with van der Waals surface area (Å²) in [7, 11) is 0. The van der Waals surface area contributed by atoms with Gasteiger partial charge in [-0.05, 0) is 0 Å². The third-order valence-electron chi connectivity index (χ3n) is 0. The van der Waals surface area contributed by atoms with Crippen molar-refractivity contribution in [1.82, 2.24) is 0 Å². The molecule has 0 aliphatic rings. The second-order valence-corrected chi connectivity index (χ2v) is 0. The van der Waals surface area contributed by atoms with E-state index in [2.05, 4.69) is 0 Å². The van der Waals surface area contributed by atoms with Crippen molar-refractivity contribution in [3.63, 3.8) is 0 Å². The van der Waals surface area contributed by atoms with Gasteiger partial charge in [0.2, 0.25) is 0 Å². The van der Waals surface area contributed by atoms with E-state index in [1.807, 2.05) is 0 Å². The van der Waals surface area contributed by atoms with Gasteiger partial charge in [0.15, 0.2) is 0 Å². The molecule has 4 heteroatoms. The zero-order chi connectivity index (χ0) is 0. The first kappa shape index (κ1) is 24.7. The molecule has 0 aliphatic carbocycles. The summed E-state index contributed by atoms with van der Waals surface area (Å²) in [6.07, 6.45) is 0. The summed E-state index contributed by atoms with van der Waals surface area (Å²) >= 11 is 0. The molecule has 0 saturated carbocycles. The Morgan fingerprint density at radius 1 is 1.25 bits per heavy atom. The first-order valence-corrected chi connectivity index (χ1v) is 0. The monoisotopic (exact) mass is 411 g/mol. The number of hydrogen-bond acceptors (Lipinski definition) is 0. The zero-order valence-electron chi connectivity index (χ0n) is 3.67. The summed E-state index contributed by atoms with van der Waals surface area (Å²) < 4.78 is 0. The van der Waals surface area contributed by atoms with Crippen LogP contribution in [0.3, 0.4) is 0 Å². The predicted octanol–water partition coefficient (Wildman–Crippen LogP) is -2.26. The minimum absolute atomic E-state index is 0. The molecule has 0 spiro atoms. The van der Waals surface area contributed by atoms with Crippen LogP contribution in [-0.2, 0) is 0 Å². The Morgan fingerprint density at radius 2 is 1.25 bits per heavy atom. The minimum atomic E-state index is 0. The van der Waals surface area contributed by atoms with E-state index in [1.165, 1.54) is 0 Å². The van der Waals surface area contributed by atoms with Gasteiger partial charge in [0.1, 0.15) is 0 Å². The Balaban J connectivity index is 0. The maximum atomic E-state index is 0. The van der Waals surface area contributed by atoms with Crippen LogP contribution < -0.4 is 0 Å². The summed E-state index contributed by atoms with van der Waals surface area (Å²) in [5.74, 6) is 0. The Hall–Kier alpha value is 3.93. The van der Waals surface area contributed by atoms with Gasteiger partial charge in [-0.3, -0.25) is 0 Å². The summed E-state index contributed by atoms with van der Waals surface area (Å²) in [6, 6.07) is 0. The topological polar surface area (TPSA) is 0 Å². The molecular weight excluding hydrogens is 403 g/mol. The normalized spacial score (nSPS) is 0. The molecular formula is H7CaGaLuSn. The molecule has 0 bridgehead atoms. The fraction of sp³-hybridized carbons (Fsp3) is 0. The van der Waals surface area contributed by atoms with E-state index in [1.54, 1.807) is 0 Å². The van der Waals surface area contributed by atoms with E-state index in [0.717, 1.165) is 0 Å². The molecule has 0 aromatic rings. The molecule has 0 nitrogen and oxygen atoms in total. The van der Waals surface area contributed by atoms with Crippen LogP contribution in [0.5, 0.6) is 0 Å². The third kappa shape index (κ3) is 9.33. The van der Waals surface area contributed by atoms with Crippen molar-refractivity contribution < 1.29 is 39.7 Å². The van der Waals surface area contributed by atoms with E-state index in [0.29, 0.717) is 0 Å². The van der Waals surface area contributed by atoms with E-state index in [4.69, 9.17) is 0 Å². The van der Waals surface area contributed by atoms with Crippen molar-refractivity contribution in [1.29, 1.82) is 0 Å². The second kappa shape index (κ2) is 15.8. The summed E-state index contributed by atoms with van der Waals surface area (Å²) in [6.45, 7) is 0. The number of hydrogen-bond donors (Lipinski definition) is 0. The summed E-state index contributed by atoms with van der Waals surface area (Å²) in [5, 5.41) is 0. The van der Waals surface area contributed by atoms with Crippen LogP contribution in [0.25, 0.3) is 0 Å². The van der Waals surface area contributed by atoms with Crippen molar-refractivity contribution in [3.8, 4) is 0 Å². The van der Waals surface area contributed by atoms with Crippen molar-refractivity contribution in [2.24, 2.45) is 0 Å². The van der Waals surface area contributed by atoms with Crippen LogP contribution in [0, 0.1) is 36.9 Å². The standard InChI is InChI=1S/Ca.Ga.Lu.Sn.7H/q+2;;;;;;;;;2*-1. The molecule has 0 unspecified atom stereocenters. The molecule has 0 aromatic carbocycles. The van der Waals surface area contributed by atoms with Crippen molar-refractivity contribution >= 4 is 81.4 Å². The molecule has 0 heterocycles. The molecule has 0 fully saturated rings. The van der Waals surface area contributed by atoms with E-state index < -0.39 is 0 Å². The first-order chi connectivity index (χ1) is 0. The van der Waals surface area contributed by atoms with Crippen LogP contribution in [-0.4, -0.2) is 81.4 Å². The van der Waals surface area contributed by atoms with Gasteiger partial charge in [-0.2, -0.15) is 0 Å². The molecule has 0 atom stereocenters. The predicted molar refractivity (Wildman–Crippen MR) is 26.5 cm³/mol. The molecule has 4 heavy (non-hydrogen) atoms. The summed E-state index contributed by atoms with van der Waals surface area (Å²) in [4.78, 5) is 0. The van der Waals surface area contributed by atoms with E-state index in [-0.39, 0.29) is 121 Å². The molecule has 0 aliphatic heterocycles. The molecule has 0 N–H and O–H groups in total. The van der Waals surface area contributed by atoms with Crippen LogP contribution in [0.15, 0.2) is 0 Å². The Kier molecular flexibility index (Phi) is 97.3. The van der Waals surface area contributed by atoms with Gasteiger partial charge in [0.05, 0.1) is 0 Å². The van der Waals surface area contributed by atoms with Gasteiger partial charge in [-0.25, -0.2) is 0 Å². The summed E-state index contributed by atoms with van der Waals surface area (Å²) in [5.41, 5.74) is 0. The average molecular weight is 411 g/mol. The van der Waals surface area contributed by atoms with Crippen LogP contribution in [0.4, 0.5) is 0 Å². The Bertz CT molecular complexity index is 13.5. The van der Waals surface area contributed by atoms with Crippen LogP contribution >= 0.6 is 0 Å². The van der Waals surface area contributed by atoms with E-state index >= 15 is 0 Å². The molecule has 31 valence electrons. The van der Waals surface area contributed by atoms with Crippen molar-refractivity contribution in [2.45, 2.75) is 0 Å². The van der Waals surface area contributed by atoms with Crippen molar-refractivity contribution in [3.05, 3.63) is 0 Å². The Morgan fingerprint density at radius 3 is 1.25 bits per heavy atom. The SMILES string of the molecule is [Ca+2].[GaH3].[H-].[H-].[Lu].[SnH2]. The van der Waals surface area contributed by atoms with Gasteiger partial charge in [0, 0.05) is 36.9 Å². The van der Waals surface area contributed by atoms with Gasteiger partial charge in [-0.1, -0.05) is 0 Å². The molecule has 0 saturated heterocycles. The number of rotatable bonds is 0. The van der Waals surface area contributed by atoms with Crippen LogP contribution in [0.1, 0.15) is 2.85 Å². The van der Waals surface area contributed by atoms with Gasteiger partial charge in [0.25, 0.3) is 0 Å². The van der Waals surface area contributed by atoms with Crippen molar-refractivity contribution in [2.75, 3.05) is 0 Å². The zero-order valence-corrected chi connectivity index (χ0v) is 9.57. The molecule has 0 rings (SSSR count). The van der Waals surface area contributed by atoms with Gasteiger partial charge >= 0.3 is 81.4 Å². The van der Waals surface area contributed by atoms with Gasteiger partial charge < -0.3 is 2.85 Å². The fourth-order valence-corrected chi connectivity index (χ4v) is 0. The Labute approximate surface area is 118 Å². The average Bonchev–Trinajstić information content (AvgIpc) is 0. The maximum absolute atomic E-state index is 0. The van der Waals surface area contributed by atoms with Crippen LogP contribution in [0.2, 0.25) is 0 Å².